The highest BCUT2D eigenvalue weighted by Crippen LogP contribution is 2.32. The van der Waals surface area contributed by atoms with Crippen molar-refractivity contribution in [1.29, 1.82) is 0 Å². The smallest absolute Gasteiger partial charge is 0.0146 e. The third-order valence-electron chi connectivity index (χ3n) is 7.06. The number of benzene rings is 4. The van der Waals surface area contributed by atoms with Crippen LogP contribution >= 0.6 is 0 Å². The highest BCUT2D eigenvalue weighted by atomic mass is 14.3. The van der Waals surface area contributed by atoms with Crippen molar-refractivity contribution in [2.45, 2.75) is 66.2 Å². The van der Waals surface area contributed by atoms with Gasteiger partial charge in [0.1, 0.15) is 0 Å². The number of hydrogen-bond donors (Lipinski definition) is 0. The van der Waals surface area contributed by atoms with Crippen LogP contribution in [0.1, 0.15) is 72.2 Å². The highest BCUT2D eigenvalue weighted by molar-refractivity contribution is 5.40. The maximum absolute atomic E-state index is 2.28. The van der Waals surface area contributed by atoms with Gasteiger partial charge >= 0.3 is 0 Å². The zero-order valence-electron chi connectivity index (χ0n) is 22.2. The van der Waals surface area contributed by atoms with Crippen LogP contribution in [-0.2, 0) is 10.8 Å². The van der Waals surface area contributed by atoms with Crippen LogP contribution in [0, 0.1) is 27.7 Å². The van der Waals surface area contributed by atoms with Crippen LogP contribution in [-0.4, -0.2) is 0 Å². The van der Waals surface area contributed by atoms with Crippen LogP contribution in [0.5, 0.6) is 0 Å². The molecule has 0 heteroatoms. The third kappa shape index (κ3) is 6.06. The first-order chi connectivity index (χ1) is 16.0. The Balaban J connectivity index is 0.000000191. The van der Waals surface area contributed by atoms with Gasteiger partial charge in [0.2, 0.25) is 0 Å². The first kappa shape index (κ1) is 25.5. The standard InChI is InChI=1S/2C17H20/c1-13-5-9-15(10-6-13)17(3,4)16-11-7-14(2)8-12-16;1-13-8-10-15(11-9-13)17(3,4)16-7-5-6-14(2)12-16/h2*5-12H,1-4H3. The average Bonchev–Trinajstić information content (AvgIpc) is 2.80. The first-order valence-corrected chi connectivity index (χ1v) is 12.3. The van der Waals surface area contributed by atoms with E-state index in [1.54, 1.807) is 0 Å². The average molecular weight is 449 g/mol. The molecule has 0 aliphatic heterocycles. The molecule has 0 spiro atoms. The fraction of sp³-hybridized carbons (Fsp3) is 0.294. The Kier molecular flexibility index (Phi) is 7.82. The summed E-state index contributed by atoms with van der Waals surface area (Å²) in [5.41, 5.74) is 10.9. The van der Waals surface area contributed by atoms with Crippen molar-refractivity contribution in [3.05, 3.63) is 142 Å². The van der Waals surface area contributed by atoms with Gasteiger partial charge in [0.25, 0.3) is 0 Å². The first-order valence-electron chi connectivity index (χ1n) is 12.3. The maximum atomic E-state index is 2.28. The Morgan fingerprint density at radius 3 is 1.00 bits per heavy atom. The summed E-state index contributed by atoms with van der Waals surface area (Å²) >= 11 is 0. The van der Waals surface area contributed by atoms with Crippen molar-refractivity contribution in [1.82, 2.24) is 0 Å². The Morgan fingerprint density at radius 2 is 0.676 bits per heavy atom. The summed E-state index contributed by atoms with van der Waals surface area (Å²) in [6, 6.07) is 35.3. The Hall–Kier alpha value is -3.12. The molecule has 0 heterocycles. The molecule has 0 fully saturated rings. The lowest BCUT2D eigenvalue weighted by atomic mass is 9.77. The summed E-state index contributed by atoms with van der Waals surface area (Å²) in [6.45, 7) is 17.7. The van der Waals surface area contributed by atoms with E-state index in [2.05, 4.69) is 152 Å². The van der Waals surface area contributed by atoms with Gasteiger partial charge < -0.3 is 0 Å². The molecule has 0 N–H and O–H groups in total. The van der Waals surface area contributed by atoms with E-state index in [-0.39, 0.29) is 10.8 Å². The van der Waals surface area contributed by atoms with Crippen molar-refractivity contribution < 1.29 is 0 Å². The zero-order valence-corrected chi connectivity index (χ0v) is 22.2. The quantitative estimate of drug-likeness (QED) is 0.292. The molecular formula is C34H40. The number of hydrogen-bond acceptors (Lipinski definition) is 0. The molecule has 4 aromatic carbocycles. The van der Waals surface area contributed by atoms with Crippen molar-refractivity contribution >= 4 is 0 Å². The van der Waals surface area contributed by atoms with Crippen LogP contribution in [0.4, 0.5) is 0 Å². The molecule has 34 heavy (non-hydrogen) atoms. The lowest BCUT2D eigenvalue weighted by Crippen LogP contribution is -2.18. The third-order valence-corrected chi connectivity index (χ3v) is 7.06. The summed E-state index contributed by atoms with van der Waals surface area (Å²) in [7, 11) is 0. The van der Waals surface area contributed by atoms with Crippen LogP contribution in [0.25, 0.3) is 0 Å². The molecule has 0 aromatic heterocycles. The molecule has 0 atom stereocenters. The summed E-state index contributed by atoms with van der Waals surface area (Å²) in [4.78, 5) is 0. The monoisotopic (exact) mass is 448 g/mol. The van der Waals surface area contributed by atoms with Gasteiger partial charge in [0.15, 0.2) is 0 Å². The van der Waals surface area contributed by atoms with Gasteiger partial charge in [0.05, 0.1) is 0 Å². The van der Waals surface area contributed by atoms with Crippen molar-refractivity contribution in [2.75, 3.05) is 0 Å². The van der Waals surface area contributed by atoms with E-state index in [9.17, 15) is 0 Å². The minimum absolute atomic E-state index is 0.0692. The second-order valence-corrected chi connectivity index (χ2v) is 10.7. The van der Waals surface area contributed by atoms with E-state index in [4.69, 9.17) is 0 Å². The molecule has 176 valence electrons. The summed E-state index contributed by atoms with van der Waals surface area (Å²) in [5, 5.41) is 0. The lowest BCUT2D eigenvalue weighted by molar-refractivity contribution is 0.640. The van der Waals surface area contributed by atoms with Gasteiger partial charge in [-0.2, -0.15) is 0 Å². The van der Waals surface area contributed by atoms with Crippen molar-refractivity contribution in [3.63, 3.8) is 0 Å². The number of aryl methyl sites for hydroxylation is 4. The van der Waals surface area contributed by atoms with Crippen LogP contribution in [0.15, 0.2) is 97.1 Å². The molecule has 0 aliphatic carbocycles. The van der Waals surface area contributed by atoms with E-state index in [1.165, 1.54) is 44.5 Å². The van der Waals surface area contributed by atoms with E-state index in [1.807, 2.05) is 0 Å². The molecule has 0 radical (unpaired) electrons. The largest absolute Gasteiger partial charge is 0.0617 e. The molecular weight excluding hydrogens is 408 g/mol. The molecule has 4 aromatic rings. The predicted molar refractivity (Wildman–Crippen MR) is 149 cm³/mol. The second-order valence-electron chi connectivity index (χ2n) is 10.7. The summed E-state index contributed by atoms with van der Waals surface area (Å²) in [5.74, 6) is 0. The van der Waals surface area contributed by atoms with Crippen LogP contribution in [0.2, 0.25) is 0 Å². The zero-order chi connectivity index (χ0) is 24.9. The van der Waals surface area contributed by atoms with Gasteiger partial charge in [-0.05, 0) is 49.9 Å². The van der Waals surface area contributed by atoms with Crippen LogP contribution in [0.3, 0.4) is 0 Å². The molecule has 0 unspecified atom stereocenters. The Labute approximate surface area is 207 Å². The van der Waals surface area contributed by atoms with Crippen molar-refractivity contribution in [2.24, 2.45) is 0 Å². The van der Waals surface area contributed by atoms with Gasteiger partial charge in [-0.3, -0.25) is 0 Å². The Morgan fingerprint density at radius 1 is 0.353 bits per heavy atom. The minimum Gasteiger partial charge on any atom is -0.0617 e. The van der Waals surface area contributed by atoms with Crippen LogP contribution < -0.4 is 0 Å². The fourth-order valence-electron chi connectivity index (χ4n) is 4.28. The summed E-state index contributed by atoms with van der Waals surface area (Å²) < 4.78 is 0. The van der Waals surface area contributed by atoms with Gasteiger partial charge in [-0.15, -0.1) is 0 Å². The molecule has 0 aliphatic rings. The lowest BCUT2D eigenvalue weighted by Gasteiger charge is -2.26. The normalized spacial score (nSPS) is 11.5. The molecule has 4 rings (SSSR count). The summed E-state index contributed by atoms with van der Waals surface area (Å²) in [6.07, 6.45) is 0. The van der Waals surface area contributed by atoms with Gasteiger partial charge in [-0.1, -0.05) is 147 Å². The van der Waals surface area contributed by atoms with Gasteiger partial charge in [0, 0.05) is 10.8 Å². The second kappa shape index (κ2) is 10.4. The predicted octanol–water partition coefficient (Wildman–Crippen LogP) is 9.26. The van der Waals surface area contributed by atoms with E-state index >= 15 is 0 Å². The topological polar surface area (TPSA) is 0 Å². The molecule has 0 amide bonds. The number of rotatable bonds is 4. The fourth-order valence-corrected chi connectivity index (χ4v) is 4.28. The van der Waals surface area contributed by atoms with Crippen molar-refractivity contribution in [3.8, 4) is 0 Å². The molecule has 0 saturated carbocycles. The Bertz CT molecular complexity index is 1140. The van der Waals surface area contributed by atoms with E-state index in [0.29, 0.717) is 0 Å². The molecule has 0 bridgehead atoms. The highest BCUT2D eigenvalue weighted by Gasteiger charge is 2.23. The SMILES string of the molecule is Cc1ccc(C(C)(C)c2ccc(C)cc2)cc1.Cc1ccc(C(C)(C)c2cccc(C)c2)cc1. The minimum atomic E-state index is 0.0692. The van der Waals surface area contributed by atoms with E-state index in [0.717, 1.165) is 0 Å². The molecule has 0 nitrogen and oxygen atoms in total. The maximum Gasteiger partial charge on any atom is 0.0146 e. The van der Waals surface area contributed by atoms with Gasteiger partial charge in [-0.25, -0.2) is 0 Å². The molecule has 0 saturated heterocycles. The van der Waals surface area contributed by atoms with E-state index < -0.39 is 0 Å².